The molecule has 0 bridgehead atoms. The molecule has 0 aliphatic carbocycles. The summed E-state index contributed by atoms with van der Waals surface area (Å²) >= 11 is 0. The minimum Gasteiger partial charge on any atom is -0.233 e. The topological polar surface area (TPSA) is 17.3 Å². The minimum atomic E-state index is 1.05. The van der Waals surface area contributed by atoms with Crippen LogP contribution in [-0.4, -0.2) is 10.4 Å². The van der Waals surface area contributed by atoms with E-state index in [-0.39, 0.29) is 0 Å². The van der Waals surface area contributed by atoms with E-state index in [1.165, 1.54) is 10.8 Å². The summed E-state index contributed by atoms with van der Waals surface area (Å²) in [6.07, 6.45) is 0. The Morgan fingerprint density at radius 3 is 1.76 bits per heavy atom. The van der Waals surface area contributed by atoms with Crippen molar-refractivity contribution < 1.29 is 0 Å². The van der Waals surface area contributed by atoms with Gasteiger partial charge in [-0.1, -0.05) is 36.4 Å². The molecule has 2 nitrogen and oxygen atoms in total. The molecule has 17 heavy (non-hydrogen) atoms. The highest BCUT2D eigenvalue weighted by molar-refractivity contribution is 6.08. The van der Waals surface area contributed by atoms with Gasteiger partial charge in [-0.15, -0.1) is 0 Å². The van der Waals surface area contributed by atoms with Crippen LogP contribution in [0.5, 0.6) is 0 Å². The Labute approximate surface area is 100 Å². The van der Waals surface area contributed by atoms with E-state index in [0.717, 1.165) is 16.7 Å². The zero-order chi connectivity index (χ0) is 11.8. The van der Waals surface area contributed by atoms with Crippen molar-refractivity contribution in [3.05, 3.63) is 48.5 Å². The van der Waals surface area contributed by atoms with Crippen LogP contribution >= 0.6 is 0 Å². The van der Waals surface area contributed by atoms with Crippen molar-refractivity contribution >= 4 is 27.5 Å². The van der Waals surface area contributed by atoms with Crippen LogP contribution in [0.4, 0.5) is 0 Å². The Bertz CT molecular complexity index is 663. The van der Waals surface area contributed by atoms with Gasteiger partial charge in [0.15, 0.2) is 0 Å². The van der Waals surface area contributed by atoms with Gasteiger partial charge in [0, 0.05) is 16.5 Å². The molecule has 2 heteroatoms. The van der Waals surface area contributed by atoms with E-state index in [4.69, 9.17) is 0 Å². The summed E-state index contributed by atoms with van der Waals surface area (Å²) in [5.74, 6) is 0. The van der Waals surface area contributed by atoms with Crippen LogP contribution in [0.2, 0.25) is 0 Å². The van der Waals surface area contributed by atoms with Crippen molar-refractivity contribution in [3.63, 3.8) is 0 Å². The quantitative estimate of drug-likeness (QED) is 0.553. The summed E-state index contributed by atoms with van der Waals surface area (Å²) in [7, 11) is 0. The van der Waals surface area contributed by atoms with Gasteiger partial charge in [-0.2, -0.15) is 5.10 Å². The number of hydrogen-bond donors (Lipinski definition) is 0. The van der Waals surface area contributed by atoms with E-state index in [1.807, 2.05) is 18.5 Å². The lowest BCUT2D eigenvalue weighted by Gasteiger charge is -2.00. The van der Waals surface area contributed by atoms with Crippen LogP contribution in [0.3, 0.4) is 0 Å². The van der Waals surface area contributed by atoms with Crippen molar-refractivity contribution in [2.45, 2.75) is 13.8 Å². The number of hydrogen-bond acceptors (Lipinski definition) is 1. The molecule has 84 valence electrons. The number of para-hydroxylation sites is 2. The number of fused-ring (bicyclic) bond motifs is 3. The Balaban J connectivity index is 2.55. The maximum absolute atomic E-state index is 4.61. The van der Waals surface area contributed by atoms with E-state index < -0.39 is 0 Å². The molecular formula is C15H14N2. The van der Waals surface area contributed by atoms with Gasteiger partial charge in [0.2, 0.25) is 0 Å². The molecule has 0 saturated heterocycles. The summed E-state index contributed by atoms with van der Waals surface area (Å²) in [6.45, 7) is 4.03. The number of rotatable bonds is 1. The fourth-order valence-corrected chi connectivity index (χ4v) is 2.21. The zero-order valence-electron chi connectivity index (χ0n) is 10.0. The maximum atomic E-state index is 4.61. The van der Waals surface area contributed by atoms with Crippen LogP contribution < -0.4 is 0 Å². The molecule has 0 unspecified atom stereocenters. The van der Waals surface area contributed by atoms with Crippen LogP contribution in [0.1, 0.15) is 13.8 Å². The SMILES string of the molecule is CC(C)=Nn1c2ccccc2c2ccccc21. The average Bonchev–Trinajstić information content (AvgIpc) is 2.65. The molecule has 0 radical (unpaired) electrons. The molecule has 3 rings (SSSR count). The molecule has 1 heterocycles. The first-order chi connectivity index (χ1) is 8.27. The number of nitrogens with zero attached hydrogens (tertiary/aromatic N) is 2. The third-order valence-electron chi connectivity index (χ3n) is 2.85. The number of aromatic nitrogens is 1. The lowest BCUT2D eigenvalue weighted by molar-refractivity contribution is 0.962. The highest BCUT2D eigenvalue weighted by Gasteiger charge is 2.08. The van der Waals surface area contributed by atoms with Gasteiger partial charge in [0.1, 0.15) is 0 Å². The van der Waals surface area contributed by atoms with E-state index in [0.29, 0.717) is 0 Å². The Hall–Kier alpha value is -2.09. The molecule has 0 fully saturated rings. The lowest BCUT2D eigenvalue weighted by atomic mass is 10.2. The molecule has 2 aromatic carbocycles. The lowest BCUT2D eigenvalue weighted by Crippen LogP contribution is -1.92. The van der Waals surface area contributed by atoms with Crippen LogP contribution in [-0.2, 0) is 0 Å². The van der Waals surface area contributed by atoms with Crippen molar-refractivity contribution in [3.8, 4) is 0 Å². The smallest absolute Gasteiger partial charge is 0.0731 e. The monoisotopic (exact) mass is 222 g/mol. The van der Waals surface area contributed by atoms with Crippen LogP contribution in [0.15, 0.2) is 53.6 Å². The average molecular weight is 222 g/mol. The van der Waals surface area contributed by atoms with Gasteiger partial charge in [-0.3, -0.25) is 0 Å². The molecule has 0 amide bonds. The molecule has 0 atom stereocenters. The fraction of sp³-hybridized carbons (Fsp3) is 0.133. The van der Waals surface area contributed by atoms with Gasteiger partial charge in [-0.25, -0.2) is 4.68 Å². The Kier molecular flexibility index (Phi) is 2.22. The van der Waals surface area contributed by atoms with E-state index in [2.05, 4.69) is 53.6 Å². The molecule has 1 aromatic heterocycles. The highest BCUT2D eigenvalue weighted by atomic mass is 15.3. The summed E-state index contributed by atoms with van der Waals surface area (Å²) in [5.41, 5.74) is 3.38. The molecule has 3 aromatic rings. The summed E-state index contributed by atoms with van der Waals surface area (Å²) in [4.78, 5) is 0. The standard InChI is InChI=1S/C15H14N2/c1-11(2)16-17-14-9-5-3-7-12(14)13-8-4-6-10-15(13)17/h3-10H,1-2H3. The first-order valence-corrected chi connectivity index (χ1v) is 5.78. The normalized spacial score (nSPS) is 10.9. The fourth-order valence-electron chi connectivity index (χ4n) is 2.21. The van der Waals surface area contributed by atoms with Crippen molar-refractivity contribution in [2.75, 3.05) is 0 Å². The molecular weight excluding hydrogens is 208 g/mol. The largest absolute Gasteiger partial charge is 0.233 e. The molecule has 0 saturated carbocycles. The van der Waals surface area contributed by atoms with Gasteiger partial charge in [0.25, 0.3) is 0 Å². The van der Waals surface area contributed by atoms with E-state index >= 15 is 0 Å². The van der Waals surface area contributed by atoms with Gasteiger partial charge < -0.3 is 0 Å². The van der Waals surface area contributed by atoms with Gasteiger partial charge in [0.05, 0.1) is 11.0 Å². The molecule has 0 spiro atoms. The minimum absolute atomic E-state index is 1.05. The molecule has 0 aliphatic rings. The number of benzene rings is 2. The summed E-state index contributed by atoms with van der Waals surface area (Å²) in [5, 5.41) is 7.12. The third-order valence-corrected chi connectivity index (χ3v) is 2.85. The van der Waals surface area contributed by atoms with Crippen molar-refractivity contribution in [2.24, 2.45) is 5.10 Å². The molecule has 0 N–H and O–H groups in total. The van der Waals surface area contributed by atoms with Crippen LogP contribution in [0.25, 0.3) is 21.8 Å². The van der Waals surface area contributed by atoms with Crippen molar-refractivity contribution in [1.82, 2.24) is 4.68 Å². The van der Waals surface area contributed by atoms with Gasteiger partial charge >= 0.3 is 0 Å². The third kappa shape index (κ3) is 1.53. The Morgan fingerprint density at radius 2 is 1.29 bits per heavy atom. The second-order valence-electron chi connectivity index (χ2n) is 4.39. The molecule has 0 aliphatic heterocycles. The maximum Gasteiger partial charge on any atom is 0.0731 e. The second-order valence-corrected chi connectivity index (χ2v) is 4.39. The van der Waals surface area contributed by atoms with Gasteiger partial charge in [-0.05, 0) is 26.0 Å². The van der Waals surface area contributed by atoms with Crippen molar-refractivity contribution in [1.29, 1.82) is 0 Å². The zero-order valence-corrected chi connectivity index (χ0v) is 10.0. The second kappa shape index (κ2) is 3.74. The highest BCUT2D eigenvalue weighted by Crippen LogP contribution is 2.28. The predicted molar refractivity (Wildman–Crippen MR) is 73.6 cm³/mol. The first-order valence-electron chi connectivity index (χ1n) is 5.78. The Morgan fingerprint density at radius 1 is 0.824 bits per heavy atom. The first kappa shape index (κ1) is 10.1. The summed E-state index contributed by atoms with van der Waals surface area (Å²) in [6, 6.07) is 16.8. The van der Waals surface area contributed by atoms with Crippen LogP contribution in [0, 0.1) is 0 Å². The van der Waals surface area contributed by atoms with E-state index in [1.54, 1.807) is 0 Å². The van der Waals surface area contributed by atoms with E-state index in [9.17, 15) is 0 Å². The summed E-state index contributed by atoms with van der Waals surface area (Å²) < 4.78 is 2.03. The predicted octanol–water partition coefficient (Wildman–Crippen LogP) is 4.04.